The SMILES string of the molecule is COc1cnc(O[C@@H]2C[C@H]3C(=O)N[C@]4(C(=O)NS(=O)(=O)C5(CF)CC5)C[C@H]4CCCCC(C)C[C@@H](C)[C@H](N)C(=O)N3C2)c2ccccc12. The smallest absolute Gasteiger partial charge is 0.259 e. The maximum atomic E-state index is 14.2. The number of sulfonamides is 1. The van der Waals surface area contributed by atoms with Crippen LogP contribution in [0.15, 0.2) is 30.5 Å². The number of carbonyl (C=O) groups is 3. The molecule has 4 aliphatic rings. The number of nitrogens with two attached hydrogens (primary N) is 1. The number of benzene rings is 1. The number of nitrogens with one attached hydrogen (secondary N) is 2. The highest BCUT2D eigenvalue weighted by molar-refractivity contribution is 7.91. The lowest BCUT2D eigenvalue weighted by atomic mass is 9.88. The van der Waals surface area contributed by atoms with E-state index in [0.29, 0.717) is 29.4 Å². The van der Waals surface area contributed by atoms with Crippen molar-refractivity contribution in [1.82, 2.24) is 19.9 Å². The van der Waals surface area contributed by atoms with Crippen molar-refractivity contribution >= 4 is 38.5 Å². The van der Waals surface area contributed by atoms with Crippen LogP contribution in [0.2, 0.25) is 0 Å². The van der Waals surface area contributed by atoms with Crippen LogP contribution in [0.3, 0.4) is 0 Å². The minimum Gasteiger partial charge on any atom is -0.494 e. The number of rotatable bonds is 7. The Hall–Kier alpha value is -3.52. The summed E-state index contributed by atoms with van der Waals surface area (Å²) < 4.78 is 52.1. The Morgan fingerprint density at radius 3 is 2.54 bits per heavy atom. The minimum absolute atomic E-state index is 0.0605. The summed E-state index contributed by atoms with van der Waals surface area (Å²) in [6, 6.07) is 5.56. The third-order valence-corrected chi connectivity index (χ3v) is 13.1. The van der Waals surface area contributed by atoms with Crippen LogP contribution in [-0.4, -0.2) is 84.8 Å². The first-order chi connectivity index (χ1) is 22.8. The number of halogens is 1. The van der Waals surface area contributed by atoms with Crippen molar-refractivity contribution < 1.29 is 36.7 Å². The zero-order chi connectivity index (χ0) is 34.4. The van der Waals surface area contributed by atoms with Gasteiger partial charge in [0.1, 0.15) is 34.9 Å². The van der Waals surface area contributed by atoms with E-state index in [1.54, 1.807) is 13.3 Å². The van der Waals surface area contributed by atoms with E-state index in [-0.39, 0.29) is 44.1 Å². The molecule has 2 aliphatic carbocycles. The molecule has 2 saturated carbocycles. The summed E-state index contributed by atoms with van der Waals surface area (Å²) in [5, 5.41) is 4.37. The van der Waals surface area contributed by atoms with Crippen molar-refractivity contribution in [1.29, 1.82) is 0 Å². The zero-order valence-electron chi connectivity index (χ0n) is 27.7. The average Bonchev–Trinajstić information content (AvgIpc) is 3.97. The normalized spacial score (nSPS) is 32.2. The van der Waals surface area contributed by atoms with Gasteiger partial charge in [-0.2, -0.15) is 0 Å². The number of aromatic nitrogens is 1. The second kappa shape index (κ2) is 13.1. The molecule has 1 aromatic heterocycles. The fourth-order valence-electron chi connectivity index (χ4n) is 7.55. The highest BCUT2D eigenvalue weighted by Gasteiger charge is 2.64. The summed E-state index contributed by atoms with van der Waals surface area (Å²) in [6.07, 6.45) is 5.45. The predicted octanol–water partition coefficient (Wildman–Crippen LogP) is 2.98. The Morgan fingerprint density at radius 1 is 1.15 bits per heavy atom. The van der Waals surface area contributed by atoms with E-state index in [1.807, 2.05) is 31.2 Å². The molecule has 2 saturated heterocycles. The summed E-state index contributed by atoms with van der Waals surface area (Å²) in [7, 11) is -2.74. The van der Waals surface area contributed by atoms with Gasteiger partial charge in [0.05, 0.1) is 25.9 Å². The number of alkyl halides is 1. The van der Waals surface area contributed by atoms with Gasteiger partial charge < -0.3 is 25.4 Å². The maximum absolute atomic E-state index is 14.2. The van der Waals surface area contributed by atoms with Crippen molar-refractivity contribution in [3.8, 4) is 11.6 Å². The number of amides is 3. The molecule has 4 N–H and O–H groups in total. The van der Waals surface area contributed by atoms with E-state index >= 15 is 0 Å². The van der Waals surface area contributed by atoms with Gasteiger partial charge in [0.15, 0.2) is 0 Å². The van der Waals surface area contributed by atoms with Crippen LogP contribution < -0.4 is 25.2 Å². The molecule has 0 radical (unpaired) electrons. The number of carbonyl (C=O) groups excluding carboxylic acids is 3. The van der Waals surface area contributed by atoms with Gasteiger partial charge in [-0.15, -0.1) is 0 Å². The number of pyridine rings is 1. The summed E-state index contributed by atoms with van der Waals surface area (Å²) >= 11 is 0. The number of methoxy groups -OCH3 is 1. The molecule has 0 bridgehead atoms. The number of nitrogens with zero attached hydrogens (tertiary/aromatic N) is 2. The lowest BCUT2D eigenvalue weighted by molar-refractivity contribution is -0.141. The molecule has 12 nitrogen and oxygen atoms in total. The molecule has 2 aliphatic heterocycles. The summed E-state index contributed by atoms with van der Waals surface area (Å²) in [5.74, 6) is -1.09. The van der Waals surface area contributed by atoms with E-state index in [2.05, 4.69) is 21.9 Å². The fourth-order valence-corrected chi connectivity index (χ4v) is 8.98. The largest absolute Gasteiger partial charge is 0.494 e. The van der Waals surface area contributed by atoms with Gasteiger partial charge in [0.2, 0.25) is 27.7 Å². The standard InChI is InChI=1S/C34H46FN5O7S/c1-20-8-4-5-9-22-16-34(22,32(43)39-48(44,45)33(19-35)12-13-33)38-29(41)26-15-23(18-40(26)31(42)28(36)21(2)14-20)47-30-25-11-7-6-10-24(25)27(46-3)17-37-30/h6-7,10-11,17,20-23,26,28H,4-5,8-9,12-16,18-19,36H2,1-3H3,(H,38,41)(H,39,43)/t20?,21-,22-,23-,26+,28+,34-/m1/s1. The van der Waals surface area contributed by atoms with Crippen molar-refractivity contribution in [2.75, 3.05) is 20.3 Å². The van der Waals surface area contributed by atoms with Crippen LogP contribution in [0.4, 0.5) is 4.39 Å². The van der Waals surface area contributed by atoms with Gasteiger partial charge >= 0.3 is 0 Å². The van der Waals surface area contributed by atoms with Gasteiger partial charge in [0.25, 0.3) is 5.91 Å². The lowest BCUT2D eigenvalue weighted by Gasteiger charge is -2.30. The van der Waals surface area contributed by atoms with Crippen LogP contribution in [0, 0.1) is 17.8 Å². The highest BCUT2D eigenvalue weighted by Crippen LogP contribution is 2.49. The van der Waals surface area contributed by atoms with Gasteiger partial charge in [0, 0.05) is 17.2 Å². The molecule has 48 heavy (non-hydrogen) atoms. The van der Waals surface area contributed by atoms with Crippen LogP contribution >= 0.6 is 0 Å². The first kappa shape index (κ1) is 34.3. The van der Waals surface area contributed by atoms with Crippen molar-refractivity contribution in [2.45, 2.75) is 100 Å². The van der Waals surface area contributed by atoms with Gasteiger partial charge in [-0.25, -0.2) is 17.8 Å². The molecule has 2 aromatic rings. The first-order valence-corrected chi connectivity index (χ1v) is 18.4. The maximum Gasteiger partial charge on any atom is 0.259 e. The van der Waals surface area contributed by atoms with Gasteiger partial charge in [-0.05, 0) is 55.9 Å². The molecular formula is C34H46FN5O7S. The Balaban J connectivity index is 1.29. The number of hydrogen-bond donors (Lipinski definition) is 3. The molecule has 14 heteroatoms. The topological polar surface area (TPSA) is 170 Å². The third-order valence-electron chi connectivity index (χ3n) is 10.9. The second-order valence-corrected chi connectivity index (χ2v) is 16.5. The molecule has 4 fully saturated rings. The number of hydrogen-bond acceptors (Lipinski definition) is 9. The van der Waals surface area contributed by atoms with Crippen molar-refractivity contribution in [2.24, 2.45) is 23.5 Å². The molecule has 3 amide bonds. The van der Waals surface area contributed by atoms with Crippen LogP contribution in [-0.2, 0) is 24.4 Å². The Labute approximate surface area is 280 Å². The molecule has 262 valence electrons. The summed E-state index contributed by atoms with van der Waals surface area (Å²) in [5.41, 5.74) is 5.07. The Morgan fingerprint density at radius 2 is 1.85 bits per heavy atom. The molecule has 1 unspecified atom stereocenters. The van der Waals surface area contributed by atoms with Crippen LogP contribution in [0.5, 0.6) is 11.6 Å². The molecule has 6 rings (SSSR count). The molecule has 7 atom stereocenters. The van der Waals surface area contributed by atoms with Gasteiger partial charge in [-0.1, -0.05) is 51.3 Å². The molecular weight excluding hydrogens is 641 g/mol. The number of ether oxygens (including phenoxy) is 2. The quantitative estimate of drug-likeness (QED) is 0.396. The average molecular weight is 688 g/mol. The monoisotopic (exact) mass is 687 g/mol. The lowest BCUT2D eigenvalue weighted by Crippen LogP contribution is -2.58. The van der Waals surface area contributed by atoms with E-state index in [0.717, 1.165) is 31.1 Å². The predicted molar refractivity (Wildman–Crippen MR) is 176 cm³/mol. The highest BCUT2D eigenvalue weighted by atomic mass is 32.2. The summed E-state index contributed by atoms with van der Waals surface area (Å²) in [6.45, 7) is 3.05. The van der Waals surface area contributed by atoms with E-state index in [1.165, 1.54) is 4.90 Å². The Kier molecular flexibility index (Phi) is 9.35. The Bertz CT molecular complexity index is 1690. The molecule has 1 aromatic carbocycles. The van der Waals surface area contributed by atoms with Gasteiger partial charge in [-0.3, -0.25) is 19.1 Å². The van der Waals surface area contributed by atoms with E-state index in [9.17, 15) is 27.2 Å². The van der Waals surface area contributed by atoms with Crippen molar-refractivity contribution in [3.05, 3.63) is 30.5 Å². The van der Waals surface area contributed by atoms with Crippen LogP contribution in [0.25, 0.3) is 10.8 Å². The molecule has 0 spiro atoms. The van der Waals surface area contributed by atoms with Crippen LogP contribution in [0.1, 0.15) is 71.6 Å². The second-order valence-electron chi connectivity index (χ2n) is 14.4. The van der Waals surface area contributed by atoms with Crippen molar-refractivity contribution in [3.63, 3.8) is 0 Å². The first-order valence-electron chi connectivity index (χ1n) is 16.9. The summed E-state index contributed by atoms with van der Waals surface area (Å²) in [4.78, 5) is 47.8. The third kappa shape index (κ3) is 6.33. The number of fused-ring (bicyclic) bond motifs is 3. The van der Waals surface area contributed by atoms with E-state index in [4.69, 9.17) is 15.2 Å². The van der Waals surface area contributed by atoms with E-state index < -0.39 is 62.9 Å². The minimum atomic E-state index is -4.30. The zero-order valence-corrected chi connectivity index (χ0v) is 28.6. The fraction of sp³-hybridized carbons (Fsp3) is 0.647. The molecule has 3 heterocycles.